The molecule has 0 aliphatic heterocycles. The summed E-state index contributed by atoms with van der Waals surface area (Å²) in [6, 6.07) is 9.76. The van der Waals surface area contributed by atoms with Crippen molar-refractivity contribution in [1.82, 2.24) is 15.3 Å². The molecule has 1 heterocycles. The van der Waals surface area contributed by atoms with Crippen LogP contribution in [-0.2, 0) is 16.0 Å². The largest absolute Gasteiger partial charge is 0.353 e. The quantitative estimate of drug-likeness (QED) is 0.881. The van der Waals surface area contributed by atoms with Crippen molar-refractivity contribution < 1.29 is 9.59 Å². The zero-order valence-corrected chi connectivity index (χ0v) is 14.2. The Kier molecular flexibility index (Phi) is 5.33. The van der Waals surface area contributed by atoms with E-state index < -0.39 is 0 Å². The van der Waals surface area contributed by atoms with E-state index in [1.54, 1.807) is 18.6 Å². The van der Waals surface area contributed by atoms with Crippen molar-refractivity contribution in [1.29, 1.82) is 0 Å². The van der Waals surface area contributed by atoms with Crippen LogP contribution in [0.15, 0.2) is 54.5 Å². The highest BCUT2D eigenvalue weighted by molar-refractivity contribution is 6.10. The summed E-state index contributed by atoms with van der Waals surface area (Å²) in [4.78, 5) is 32.8. The Labute approximate surface area is 147 Å². The number of nitrogens with one attached hydrogen (secondary N) is 1. The molecule has 1 aromatic heterocycles. The van der Waals surface area contributed by atoms with Gasteiger partial charge >= 0.3 is 0 Å². The fraction of sp³-hybridized carbons (Fsp3) is 0.300. The molecule has 5 heteroatoms. The number of carbonyl (C=O) groups is 2. The number of aromatic nitrogens is 2. The number of ketones is 1. The molecule has 0 radical (unpaired) electrons. The van der Waals surface area contributed by atoms with E-state index in [0.717, 1.165) is 16.8 Å². The van der Waals surface area contributed by atoms with E-state index in [2.05, 4.69) is 15.3 Å². The number of allylic oxidation sites excluding steroid dienone is 1. The van der Waals surface area contributed by atoms with Gasteiger partial charge in [0.1, 0.15) is 0 Å². The van der Waals surface area contributed by atoms with Gasteiger partial charge < -0.3 is 5.32 Å². The van der Waals surface area contributed by atoms with Crippen LogP contribution in [-0.4, -0.2) is 27.7 Å². The summed E-state index contributed by atoms with van der Waals surface area (Å²) in [7, 11) is 0. The number of hydrogen-bond acceptors (Lipinski definition) is 4. The van der Waals surface area contributed by atoms with E-state index in [-0.39, 0.29) is 24.2 Å². The lowest BCUT2D eigenvalue weighted by molar-refractivity contribution is -0.122. The number of hydrogen-bond donors (Lipinski definition) is 1. The number of rotatable bonds is 6. The first-order valence-electron chi connectivity index (χ1n) is 8.48. The van der Waals surface area contributed by atoms with Crippen molar-refractivity contribution in [2.24, 2.45) is 0 Å². The van der Waals surface area contributed by atoms with E-state index in [0.29, 0.717) is 24.8 Å². The third-order valence-electron chi connectivity index (χ3n) is 4.30. The van der Waals surface area contributed by atoms with Crippen LogP contribution in [0.3, 0.4) is 0 Å². The molecule has 25 heavy (non-hydrogen) atoms. The number of nitrogens with zero attached hydrogens (tertiary/aromatic N) is 2. The van der Waals surface area contributed by atoms with Crippen LogP contribution < -0.4 is 5.32 Å². The van der Waals surface area contributed by atoms with Crippen LogP contribution >= 0.6 is 0 Å². The van der Waals surface area contributed by atoms with Gasteiger partial charge in [-0.05, 0) is 24.5 Å². The standard InChI is InChI=1S/C20H21N3O2/c1-14(11-16-13-21-9-10-22-16)23-20(25)12-18-17(7-8-19(18)24)15-5-3-2-4-6-15/h2-6,9-10,13-14H,7-8,11-12H2,1H3,(H,23,25). The molecule has 0 spiro atoms. The minimum absolute atomic E-state index is 0.0681. The van der Waals surface area contributed by atoms with Crippen molar-refractivity contribution in [3.05, 3.63) is 65.8 Å². The Bertz CT molecular complexity index is 785. The minimum Gasteiger partial charge on any atom is -0.353 e. The maximum Gasteiger partial charge on any atom is 0.224 e. The molecule has 1 unspecified atom stereocenters. The lowest BCUT2D eigenvalue weighted by Gasteiger charge is -2.14. The van der Waals surface area contributed by atoms with Gasteiger partial charge in [0, 0.05) is 43.0 Å². The lowest BCUT2D eigenvalue weighted by Crippen LogP contribution is -2.34. The highest BCUT2D eigenvalue weighted by Gasteiger charge is 2.26. The number of benzene rings is 1. The maximum atomic E-state index is 12.4. The number of Topliss-reactive ketones (excluding diaryl/α,β-unsaturated/α-hetero) is 1. The zero-order chi connectivity index (χ0) is 17.6. The average Bonchev–Trinajstić information content (AvgIpc) is 2.97. The summed E-state index contributed by atoms with van der Waals surface area (Å²) >= 11 is 0. The fourth-order valence-corrected chi connectivity index (χ4v) is 3.16. The Balaban J connectivity index is 1.65. The smallest absolute Gasteiger partial charge is 0.224 e. The number of amides is 1. The highest BCUT2D eigenvalue weighted by Crippen LogP contribution is 2.33. The second-order valence-corrected chi connectivity index (χ2v) is 6.29. The van der Waals surface area contributed by atoms with Gasteiger partial charge in [0.05, 0.1) is 12.1 Å². The van der Waals surface area contributed by atoms with E-state index >= 15 is 0 Å². The molecule has 1 aliphatic carbocycles. The minimum atomic E-state index is -0.130. The van der Waals surface area contributed by atoms with Crippen LogP contribution in [0, 0.1) is 0 Å². The van der Waals surface area contributed by atoms with Gasteiger partial charge in [0.15, 0.2) is 5.78 Å². The maximum absolute atomic E-state index is 12.4. The van der Waals surface area contributed by atoms with Gasteiger partial charge in [-0.25, -0.2) is 0 Å². The van der Waals surface area contributed by atoms with Gasteiger partial charge in [0.25, 0.3) is 0 Å². The van der Waals surface area contributed by atoms with E-state index in [9.17, 15) is 9.59 Å². The third-order valence-corrected chi connectivity index (χ3v) is 4.30. The Morgan fingerprint density at radius 1 is 1.20 bits per heavy atom. The monoisotopic (exact) mass is 335 g/mol. The molecule has 1 atom stereocenters. The molecule has 1 aliphatic rings. The van der Waals surface area contributed by atoms with Crippen molar-refractivity contribution >= 4 is 17.3 Å². The second kappa shape index (κ2) is 7.83. The summed E-state index contributed by atoms with van der Waals surface area (Å²) < 4.78 is 0. The molecular weight excluding hydrogens is 314 g/mol. The van der Waals surface area contributed by atoms with E-state index in [1.807, 2.05) is 37.3 Å². The molecule has 1 amide bonds. The Morgan fingerprint density at radius 3 is 2.72 bits per heavy atom. The van der Waals surface area contributed by atoms with E-state index in [4.69, 9.17) is 0 Å². The molecule has 128 valence electrons. The molecular formula is C20H21N3O2. The van der Waals surface area contributed by atoms with Crippen LogP contribution in [0.1, 0.15) is 37.4 Å². The molecule has 0 fully saturated rings. The van der Waals surface area contributed by atoms with Crippen LogP contribution in [0.4, 0.5) is 0 Å². The van der Waals surface area contributed by atoms with Gasteiger partial charge in [0.2, 0.25) is 5.91 Å². The first kappa shape index (κ1) is 17.0. The molecule has 0 bridgehead atoms. The highest BCUT2D eigenvalue weighted by atomic mass is 16.2. The van der Waals surface area contributed by atoms with Crippen LogP contribution in [0.25, 0.3) is 5.57 Å². The normalized spacial score (nSPS) is 15.3. The summed E-state index contributed by atoms with van der Waals surface area (Å²) in [5, 5.41) is 2.95. The molecule has 0 saturated heterocycles. The summed E-state index contributed by atoms with van der Waals surface area (Å²) in [5.74, 6) is -0.0503. The molecule has 1 N–H and O–H groups in total. The van der Waals surface area contributed by atoms with Gasteiger partial charge in [-0.3, -0.25) is 19.6 Å². The molecule has 5 nitrogen and oxygen atoms in total. The zero-order valence-electron chi connectivity index (χ0n) is 14.2. The molecule has 1 aromatic carbocycles. The average molecular weight is 335 g/mol. The summed E-state index contributed by atoms with van der Waals surface area (Å²) in [6.07, 6.45) is 6.89. The van der Waals surface area contributed by atoms with Crippen molar-refractivity contribution in [2.75, 3.05) is 0 Å². The second-order valence-electron chi connectivity index (χ2n) is 6.29. The third kappa shape index (κ3) is 4.38. The lowest BCUT2D eigenvalue weighted by atomic mass is 10.00. The van der Waals surface area contributed by atoms with Crippen molar-refractivity contribution in [2.45, 2.75) is 38.6 Å². The first-order valence-corrected chi connectivity index (χ1v) is 8.48. The molecule has 3 rings (SSSR count). The van der Waals surface area contributed by atoms with Crippen LogP contribution in [0.2, 0.25) is 0 Å². The molecule has 0 saturated carbocycles. The van der Waals surface area contributed by atoms with Gasteiger partial charge in [-0.1, -0.05) is 30.3 Å². The summed E-state index contributed by atoms with van der Waals surface area (Å²) in [5.41, 5.74) is 3.51. The van der Waals surface area contributed by atoms with Gasteiger partial charge in [-0.15, -0.1) is 0 Å². The molecule has 2 aromatic rings. The van der Waals surface area contributed by atoms with Crippen LogP contribution in [0.5, 0.6) is 0 Å². The number of carbonyl (C=O) groups excluding carboxylic acids is 2. The predicted octanol–water partition coefficient (Wildman–Crippen LogP) is 2.73. The fourth-order valence-electron chi connectivity index (χ4n) is 3.16. The Morgan fingerprint density at radius 2 is 2.00 bits per heavy atom. The van der Waals surface area contributed by atoms with Crippen molar-refractivity contribution in [3.8, 4) is 0 Å². The topological polar surface area (TPSA) is 72.0 Å². The summed E-state index contributed by atoms with van der Waals surface area (Å²) in [6.45, 7) is 1.93. The van der Waals surface area contributed by atoms with Crippen molar-refractivity contribution in [3.63, 3.8) is 0 Å². The SMILES string of the molecule is CC(Cc1cnccn1)NC(=O)CC1=C(c2ccccc2)CCC1=O. The van der Waals surface area contributed by atoms with Gasteiger partial charge in [-0.2, -0.15) is 0 Å². The predicted molar refractivity (Wildman–Crippen MR) is 95.6 cm³/mol. The Hall–Kier alpha value is -2.82. The van der Waals surface area contributed by atoms with E-state index in [1.165, 1.54) is 0 Å². The first-order chi connectivity index (χ1) is 12.1.